The van der Waals surface area contributed by atoms with Crippen LogP contribution in [0.1, 0.15) is 18.5 Å². The van der Waals surface area contributed by atoms with Gasteiger partial charge in [0.25, 0.3) is 5.56 Å². The van der Waals surface area contributed by atoms with Gasteiger partial charge in [-0.3, -0.25) is 4.79 Å². The Hall–Kier alpha value is -0.890. The van der Waals surface area contributed by atoms with Gasteiger partial charge in [0.1, 0.15) is 5.15 Å². The first-order valence-corrected chi connectivity index (χ1v) is 9.42. The van der Waals surface area contributed by atoms with E-state index in [-0.39, 0.29) is 16.8 Å². The molecule has 1 aromatic heterocycles. The molecule has 8 heteroatoms. The maximum atomic E-state index is 12.9. The molecular weight excluding hydrogens is 461 g/mol. The van der Waals surface area contributed by atoms with Crippen molar-refractivity contribution >= 4 is 55.0 Å². The molecule has 0 spiro atoms. The second-order valence-electron chi connectivity index (χ2n) is 5.70. The van der Waals surface area contributed by atoms with Crippen molar-refractivity contribution in [2.24, 2.45) is 0 Å². The summed E-state index contributed by atoms with van der Waals surface area (Å²) >= 11 is 13.3. The van der Waals surface area contributed by atoms with E-state index in [1.807, 2.05) is 17.9 Å². The average Bonchev–Trinajstić information content (AvgIpc) is 2.93. The number of ether oxygens (including phenoxy) is 1. The molecule has 1 unspecified atom stereocenters. The van der Waals surface area contributed by atoms with Crippen LogP contribution in [0.15, 0.2) is 32.1 Å². The quantitative estimate of drug-likeness (QED) is 0.658. The third-order valence-corrected chi connectivity index (χ3v) is 5.25. The smallest absolute Gasteiger partial charge is 0.294 e. The number of hydrogen-bond donors (Lipinski definition) is 0. The molecule has 1 aromatic carbocycles. The lowest BCUT2D eigenvalue weighted by atomic mass is 10.2. The molecular formula is C16H16Br2ClN3O2. The fourth-order valence-corrected chi connectivity index (χ4v) is 4.67. The molecule has 1 aliphatic rings. The molecule has 0 radical (unpaired) electrons. The normalized spacial score (nSPS) is 14.8. The molecule has 24 heavy (non-hydrogen) atoms. The molecule has 5 nitrogen and oxygen atoms in total. The predicted octanol–water partition coefficient (Wildman–Crippen LogP) is 4.32. The molecule has 2 aromatic rings. The van der Waals surface area contributed by atoms with E-state index in [0.29, 0.717) is 19.0 Å². The Balaban J connectivity index is 2.12. The third kappa shape index (κ3) is 3.27. The van der Waals surface area contributed by atoms with Crippen molar-refractivity contribution in [2.45, 2.75) is 19.4 Å². The summed E-state index contributed by atoms with van der Waals surface area (Å²) in [6.45, 7) is 3.02. The van der Waals surface area contributed by atoms with E-state index in [1.165, 1.54) is 0 Å². The molecule has 0 aliphatic carbocycles. The fourth-order valence-electron chi connectivity index (χ4n) is 2.96. The van der Waals surface area contributed by atoms with Crippen LogP contribution >= 0.6 is 43.5 Å². The molecule has 0 N–H and O–H groups in total. The number of rotatable bonds is 4. The van der Waals surface area contributed by atoms with Gasteiger partial charge >= 0.3 is 0 Å². The maximum absolute atomic E-state index is 12.9. The molecule has 1 atom stereocenters. The molecule has 3 rings (SSSR count). The highest BCUT2D eigenvalue weighted by molar-refractivity contribution is 9.11. The number of fused-ring (bicyclic) bond motifs is 1. The van der Waals surface area contributed by atoms with E-state index in [4.69, 9.17) is 16.3 Å². The largest absolute Gasteiger partial charge is 0.383 e. The molecule has 128 valence electrons. The van der Waals surface area contributed by atoms with E-state index in [2.05, 4.69) is 42.9 Å². The summed E-state index contributed by atoms with van der Waals surface area (Å²) in [6, 6.07) is 3.90. The van der Waals surface area contributed by atoms with Crippen LogP contribution in [-0.4, -0.2) is 29.8 Å². The highest BCUT2D eigenvalue weighted by Gasteiger charge is 2.28. The summed E-state index contributed by atoms with van der Waals surface area (Å²) in [5.41, 5.74) is 1.96. The van der Waals surface area contributed by atoms with Gasteiger partial charge in [0, 0.05) is 28.8 Å². The Morgan fingerprint density at radius 2 is 2.17 bits per heavy atom. The van der Waals surface area contributed by atoms with Crippen molar-refractivity contribution in [1.29, 1.82) is 0 Å². The zero-order chi connectivity index (χ0) is 17.4. The number of aromatic nitrogens is 2. The van der Waals surface area contributed by atoms with Crippen molar-refractivity contribution < 1.29 is 4.74 Å². The van der Waals surface area contributed by atoms with E-state index in [1.54, 1.807) is 17.9 Å². The van der Waals surface area contributed by atoms with Crippen molar-refractivity contribution in [3.63, 3.8) is 0 Å². The molecule has 1 aliphatic heterocycles. The second kappa shape index (κ2) is 7.15. The number of methoxy groups -OCH3 is 1. The lowest BCUT2D eigenvalue weighted by Gasteiger charge is -2.22. The second-order valence-corrected chi connectivity index (χ2v) is 7.86. The van der Waals surface area contributed by atoms with Crippen molar-refractivity contribution in [1.82, 2.24) is 9.55 Å². The van der Waals surface area contributed by atoms with Crippen LogP contribution in [0, 0.1) is 0 Å². The topological polar surface area (TPSA) is 47.4 Å². The highest BCUT2D eigenvalue weighted by atomic mass is 79.9. The summed E-state index contributed by atoms with van der Waals surface area (Å²) < 4.78 is 8.66. The minimum Gasteiger partial charge on any atom is -0.383 e. The Morgan fingerprint density at radius 3 is 2.88 bits per heavy atom. The Morgan fingerprint density at radius 1 is 1.42 bits per heavy atom. The Kier molecular flexibility index (Phi) is 5.34. The lowest BCUT2D eigenvalue weighted by molar-refractivity contribution is 0.160. The molecule has 0 amide bonds. The number of hydrogen-bond acceptors (Lipinski definition) is 4. The van der Waals surface area contributed by atoms with Crippen LogP contribution in [0.5, 0.6) is 0 Å². The lowest BCUT2D eigenvalue weighted by Crippen LogP contribution is -2.32. The number of nitrogens with zero attached hydrogens (tertiary/aromatic N) is 3. The molecule has 0 fully saturated rings. The third-order valence-electron chi connectivity index (χ3n) is 4.00. The first-order valence-electron chi connectivity index (χ1n) is 7.45. The van der Waals surface area contributed by atoms with E-state index in [9.17, 15) is 4.79 Å². The van der Waals surface area contributed by atoms with Gasteiger partial charge in [0.05, 0.1) is 18.3 Å². The average molecular weight is 478 g/mol. The van der Waals surface area contributed by atoms with Gasteiger partial charge in [-0.25, -0.2) is 4.98 Å². The van der Waals surface area contributed by atoms with Gasteiger partial charge in [0.2, 0.25) is 5.82 Å². The monoisotopic (exact) mass is 475 g/mol. The fraction of sp³-hybridized carbons (Fsp3) is 0.375. The van der Waals surface area contributed by atoms with Crippen LogP contribution in [0.25, 0.3) is 0 Å². The number of benzene rings is 1. The van der Waals surface area contributed by atoms with Gasteiger partial charge in [-0.15, -0.1) is 0 Å². The summed E-state index contributed by atoms with van der Waals surface area (Å²) in [6.07, 6.45) is 2.40. The maximum Gasteiger partial charge on any atom is 0.294 e. The molecule has 0 bridgehead atoms. The van der Waals surface area contributed by atoms with Gasteiger partial charge < -0.3 is 14.2 Å². The Bertz CT molecular complexity index is 841. The van der Waals surface area contributed by atoms with Crippen LogP contribution in [0.2, 0.25) is 5.15 Å². The standard InChI is InChI=1S/C16H16Br2ClN3O2/c1-9(8-24-2)22-7-13(19)20-15(16(22)23)21-4-3-10-5-11(17)6-12(18)14(10)21/h5-7,9H,3-4,8H2,1-2H3. The highest BCUT2D eigenvalue weighted by Crippen LogP contribution is 2.40. The SMILES string of the molecule is COCC(C)n1cc(Cl)nc(N2CCc3cc(Br)cc(Br)c32)c1=O. The van der Waals surface area contributed by atoms with Gasteiger partial charge in [-0.1, -0.05) is 27.5 Å². The zero-order valence-corrected chi connectivity index (χ0v) is 17.2. The van der Waals surface area contributed by atoms with Crippen molar-refractivity contribution in [3.8, 4) is 0 Å². The van der Waals surface area contributed by atoms with Crippen LogP contribution in [0.3, 0.4) is 0 Å². The van der Waals surface area contributed by atoms with Crippen molar-refractivity contribution in [3.05, 3.63) is 48.3 Å². The first kappa shape index (κ1) is 17.9. The summed E-state index contributed by atoms with van der Waals surface area (Å²) in [7, 11) is 1.61. The van der Waals surface area contributed by atoms with Crippen LogP contribution < -0.4 is 10.5 Å². The van der Waals surface area contributed by atoms with Crippen LogP contribution in [-0.2, 0) is 11.2 Å². The predicted molar refractivity (Wildman–Crippen MR) is 103 cm³/mol. The Labute approximate surface area is 161 Å². The van der Waals surface area contributed by atoms with Gasteiger partial charge in [0.15, 0.2) is 0 Å². The summed E-state index contributed by atoms with van der Waals surface area (Å²) in [5.74, 6) is 0.340. The zero-order valence-electron chi connectivity index (χ0n) is 13.2. The van der Waals surface area contributed by atoms with E-state index < -0.39 is 0 Å². The molecule has 0 saturated carbocycles. The number of halogens is 3. The minimum absolute atomic E-state index is 0.128. The summed E-state index contributed by atoms with van der Waals surface area (Å²) in [4.78, 5) is 19.2. The van der Waals surface area contributed by atoms with Gasteiger partial charge in [-0.2, -0.15) is 0 Å². The van der Waals surface area contributed by atoms with Crippen LogP contribution in [0.4, 0.5) is 11.5 Å². The van der Waals surface area contributed by atoms with E-state index in [0.717, 1.165) is 26.6 Å². The first-order chi connectivity index (χ1) is 11.4. The minimum atomic E-state index is -0.174. The summed E-state index contributed by atoms with van der Waals surface area (Å²) in [5, 5.41) is 0.286. The van der Waals surface area contributed by atoms with Crippen molar-refractivity contribution in [2.75, 3.05) is 25.2 Å². The molecule has 2 heterocycles. The molecule has 0 saturated heterocycles. The number of anilines is 2. The van der Waals surface area contributed by atoms with Gasteiger partial charge in [-0.05, 0) is 47.0 Å². The van der Waals surface area contributed by atoms with E-state index >= 15 is 0 Å².